The fourth-order valence-electron chi connectivity index (χ4n) is 3.83. The molecular weight excluding hydrogens is 328 g/mol. The monoisotopic (exact) mass is 370 g/mol. The SMILES string of the molecule is CC(C)(C)NC12CNCCNCC(N)(CNCCNC1)CNCCNC2. The largest absolute Gasteiger partial charge is 0.322 e. The van der Waals surface area contributed by atoms with E-state index in [0.29, 0.717) is 0 Å². The van der Waals surface area contributed by atoms with Crippen LogP contribution in [0.25, 0.3) is 0 Å². The molecule has 9 N–H and O–H groups in total. The second-order valence-corrected chi connectivity index (χ2v) is 9.08. The third kappa shape index (κ3) is 8.14. The lowest BCUT2D eigenvalue weighted by molar-refractivity contribution is 0.216. The van der Waals surface area contributed by atoms with E-state index >= 15 is 0 Å². The molecule has 154 valence electrons. The Balaban J connectivity index is 2.14. The minimum absolute atomic E-state index is 0.0376. The number of hydrogen-bond donors (Lipinski definition) is 8. The number of rotatable bonds is 1. The van der Waals surface area contributed by atoms with Crippen molar-refractivity contribution in [2.75, 3.05) is 78.5 Å². The zero-order valence-corrected chi connectivity index (χ0v) is 17.1. The average Bonchev–Trinajstić information content (AvgIpc) is 2.55. The van der Waals surface area contributed by atoms with Gasteiger partial charge in [-0.25, -0.2) is 0 Å². The summed E-state index contributed by atoms with van der Waals surface area (Å²) < 4.78 is 0. The molecular formula is C18H42N8. The van der Waals surface area contributed by atoms with Crippen LogP contribution < -0.4 is 43.0 Å². The zero-order valence-electron chi connectivity index (χ0n) is 17.1. The molecule has 3 fully saturated rings. The molecule has 0 saturated carbocycles. The quantitative estimate of drug-likeness (QED) is 0.253. The van der Waals surface area contributed by atoms with E-state index in [2.05, 4.69) is 58.0 Å². The second kappa shape index (κ2) is 10.3. The van der Waals surface area contributed by atoms with Gasteiger partial charge in [-0.2, -0.15) is 0 Å². The average molecular weight is 371 g/mol. The first-order chi connectivity index (χ1) is 12.3. The predicted octanol–water partition coefficient (Wildman–Crippen LogP) is -2.62. The maximum atomic E-state index is 6.63. The lowest BCUT2D eigenvalue weighted by Gasteiger charge is -2.42. The third-order valence-electron chi connectivity index (χ3n) is 4.90. The van der Waals surface area contributed by atoms with E-state index in [-0.39, 0.29) is 16.6 Å². The highest BCUT2D eigenvalue weighted by Gasteiger charge is 2.33. The van der Waals surface area contributed by atoms with Crippen molar-refractivity contribution < 1.29 is 0 Å². The second-order valence-electron chi connectivity index (χ2n) is 9.08. The van der Waals surface area contributed by atoms with Gasteiger partial charge in [0.05, 0.1) is 11.1 Å². The first kappa shape index (κ1) is 22.0. The Labute approximate surface area is 159 Å². The van der Waals surface area contributed by atoms with Crippen LogP contribution >= 0.6 is 0 Å². The molecule has 0 atom stereocenters. The minimum Gasteiger partial charge on any atom is -0.322 e. The molecule has 0 unspecified atom stereocenters. The van der Waals surface area contributed by atoms with Crippen LogP contribution in [0.3, 0.4) is 0 Å². The van der Waals surface area contributed by atoms with Crippen LogP contribution in [0.4, 0.5) is 0 Å². The lowest BCUT2D eigenvalue weighted by Crippen LogP contribution is -2.69. The molecule has 26 heavy (non-hydrogen) atoms. The van der Waals surface area contributed by atoms with Crippen molar-refractivity contribution in [2.24, 2.45) is 5.73 Å². The van der Waals surface area contributed by atoms with Crippen molar-refractivity contribution in [3.8, 4) is 0 Å². The van der Waals surface area contributed by atoms with E-state index in [9.17, 15) is 0 Å². The van der Waals surface area contributed by atoms with E-state index in [0.717, 1.165) is 78.5 Å². The first-order valence-electron chi connectivity index (χ1n) is 10.2. The number of nitrogens with one attached hydrogen (secondary N) is 7. The Morgan fingerprint density at radius 3 is 1.23 bits per heavy atom. The summed E-state index contributed by atoms with van der Waals surface area (Å²) in [5.74, 6) is 0. The van der Waals surface area contributed by atoms with Gasteiger partial charge in [0.2, 0.25) is 0 Å². The van der Waals surface area contributed by atoms with Crippen molar-refractivity contribution in [1.29, 1.82) is 0 Å². The Kier molecular flexibility index (Phi) is 8.69. The van der Waals surface area contributed by atoms with Gasteiger partial charge in [0.25, 0.3) is 0 Å². The smallest absolute Gasteiger partial charge is 0.0562 e. The van der Waals surface area contributed by atoms with Crippen LogP contribution in [0, 0.1) is 0 Å². The highest BCUT2D eigenvalue weighted by atomic mass is 15.2. The molecule has 3 aliphatic rings. The summed E-state index contributed by atoms with van der Waals surface area (Å²) in [6.07, 6.45) is 0. The molecule has 0 spiro atoms. The molecule has 3 heterocycles. The Hall–Kier alpha value is -0.320. The van der Waals surface area contributed by atoms with Crippen molar-refractivity contribution in [3.05, 3.63) is 0 Å². The maximum Gasteiger partial charge on any atom is 0.0562 e. The van der Waals surface area contributed by atoms with Gasteiger partial charge >= 0.3 is 0 Å². The molecule has 8 heteroatoms. The van der Waals surface area contributed by atoms with Gasteiger partial charge in [-0.05, 0) is 20.8 Å². The summed E-state index contributed by atoms with van der Waals surface area (Å²) in [5.41, 5.74) is 6.37. The standard InChI is InChI=1S/C18H42N8/c1-16(2,3)26-18-13-23-7-4-20-10-17(19,11-21-5-8-24-14-18)12-22-6-9-25-15-18/h20-26H,4-15,19H2,1-3H3. The number of fused-ring (bicyclic) bond motifs is 15. The molecule has 0 aliphatic carbocycles. The van der Waals surface area contributed by atoms with Gasteiger partial charge in [0.15, 0.2) is 0 Å². The van der Waals surface area contributed by atoms with E-state index in [1.54, 1.807) is 0 Å². The highest BCUT2D eigenvalue weighted by molar-refractivity contribution is 4.99. The van der Waals surface area contributed by atoms with Crippen molar-refractivity contribution in [3.63, 3.8) is 0 Å². The summed E-state index contributed by atoms with van der Waals surface area (Å²) in [6, 6.07) is 0. The van der Waals surface area contributed by atoms with Crippen molar-refractivity contribution >= 4 is 0 Å². The van der Waals surface area contributed by atoms with Crippen LogP contribution in [-0.2, 0) is 0 Å². The van der Waals surface area contributed by atoms with E-state index in [4.69, 9.17) is 5.73 Å². The van der Waals surface area contributed by atoms with Crippen LogP contribution in [0.5, 0.6) is 0 Å². The van der Waals surface area contributed by atoms with Crippen LogP contribution in [0.15, 0.2) is 0 Å². The van der Waals surface area contributed by atoms with Crippen LogP contribution in [0.2, 0.25) is 0 Å². The fourth-order valence-corrected chi connectivity index (χ4v) is 3.83. The molecule has 0 aromatic carbocycles. The molecule has 0 aromatic rings. The lowest BCUT2D eigenvalue weighted by atomic mass is 9.93. The summed E-state index contributed by atoms with van der Waals surface area (Å²) in [6.45, 7) is 17.5. The fraction of sp³-hybridized carbons (Fsp3) is 1.00. The molecule has 3 rings (SSSR count). The van der Waals surface area contributed by atoms with Gasteiger partial charge in [0, 0.05) is 84.1 Å². The summed E-state index contributed by atoms with van der Waals surface area (Å²) in [5, 5.41) is 25.4. The molecule has 3 aliphatic heterocycles. The van der Waals surface area contributed by atoms with Gasteiger partial charge in [-0.3, -0.25) is 0 Å². The van der Waals surface area contributed by atoms with Crippen molar-refractivity contribution in [1.82, 2.24) is 37.2 Å². The normalized spacial score (nSPS) is 34.2. The molecule has 2 bridgehead atoms. The van der Waals surface area contributed by atoms with Gasteiger partial charge in [0.1, 0.15) is 0 Å². The highest BCUT2D eigenvalue weighted by Crippen LogP contribution is 2.11. The summed E-state index contributed by atoms with van der Waals surface area (Å²) >= 11 is 0. The zero-order chi connectivity index (χ0) is 18.9. The minimum atomic E-state index is -0.272. The van der Waals surface area contributed by atoms with E-state index < -0.39 is 0 Å². The summed E-state index contributed by atoms with van der Waals surface area (Å²) in [4.78, 5) is 0. The molecule has 0 aromatic heterocycles. The Bertz CT molecular complexity index is 352. The van der Waals surface area contributed by atoms with Gasteiger partial charge in [-0.15, -0.1) is 0 Å². The molecule has 8 nitrogen and oxygen atoms in total. The third-order valence-corrected chi connectivity index (χ3v) is 4.90. The van der Waals surface area contributed by atoms with Crippen molar-refractivity contribution in [2.45, 2.75) is 37.4 Å². The topological polar surface area (TPSA) is 110 Å². The van der Waals surface area contributed by atoms with Crippen LogP contribution in [0.1, 0.15) is 20.8 Å². The number of hydrogen-bond acceptors (Lipinski definition) is 8. The molecule has 0 amide bonds. The van der Waals surface area contributed by atoms with Gasteiger partial charge < -0.3 is 43.0 Å². The Morgan fingerprint density at radius 2 is 0.923 bits per heavy atom. The van der Waals surface area contributed by atoms with E-state index in [1.807, 2.05) is 0 Å². The number of nitrogens with two attached hydrogens (primary N) is 1. The molecule has 0 radical (unpaired) electrons. The van der Waals surface area contributed by atoms with Crippen LogP contribution in [-0.4, -0.2) is 95.2 Å². The predicted molar refractivity (Wildman–Crippen MR) is 110 cm³/mol. The molecule has 3 saturated heterocycles. The summed E-state index contributed by atoms with van der Waals surface area (Å²) in [7, 11) is 0. The maximum absolute atomic E-state index is 6.63. The first-order valence-corrected chi connectivity index (χ1v) is 10.2. The Morgan fingerprint density at radius 1 is 0.615 bits per heavy atom. The van der Waals surface area contributed by atoms with Gasteiger partial charge in [-0.1, -0.05) is 0 Å². The van der Waals surface area contributed by atoms with E-state index in [1.165, 1.54) is 0 Å².